The Labute approximate surface area is 131 Å². The molecule has 2 aromatic rings. The number of carbonyl (C=O) groups is 1. The molecule has 3 N–H and O–H groups in total. The van der Waals surface area contributed by atoms with Gasteiger partial charge in [0.1, 0.15) is 0 Å². The van der Waals surface area contributed by atoms with E-state index in [1.807, 2.05) is 0 Å². The number of hydrogen-bond donors (Lipinski definition) is 2. The summed E-state index contributed by atoms with van der Waals surface area (Å²) in [4.78, 5) is 11.8. The maximum Gasteiger partial charge on any atom is 0.416 e. The smallest absolute Gasteiger partial charge is 0.416 e. The highest BCUT2D eigenvalue weighted by Crippen LogP contribution is 2.37. The quantitative estimate of drug-likeness (QED) is 0.840. The zero-order valence-corrected chi connectivity index (χ0v) is 12.4. The summed E-state index contributed by atoms with van der Waals surface area (Å²) in [7, 11) is 0. The number of halogens is 3. The number of carboxylic acid groups (broad SMARTS) is 1. The first kappa shape index (κ1) is 16.9. The summed E-state index contributed by atoms with van der Waals surface area (Å²) in [6.45, 7) is 1.46. The number of hydrogen-bond acceptors (Lipinski definition) is 2. The zero-order valence-electron chi connectivity index (χ0n) is 12.4. The van der Waals surface area contributed by atoms with Gasteiger partial charge in [-0.05, 0) is 36.6 Å². The fourth-order valence-corrected chi connectivity index (χ4v) is 2.53. The number of aliphatic carboxylic acids is 1. The van der Waals surface area contributed by atoms with Crippen LogP contribution in [0, 0.1) is 0 Å². The summed E-state index contributed by atoms with van der Waals surface area (Å²) in [5.41, 5.74) is 4.16. The third kappa shape index (κ3) is 3.47. The topological polar surface area (TPSA) is 63.3 Å². The molecule has 0 bridgehead atoms. The van der Waals surface area contributed by atoms with Crippen molar-refractivity contribution >= 4 is 11.7 Å². The first-order valence-electron chi connectivity index (χ1n) is 6.89. The van der Waals surface area contributed by atoms with E-state index in [1.54, 1.807) is 30.3 Å². The minimum absolute atomic E-state index is 0.124. The van der Waals surface area contributed by atoms with Crippen molar-refractivity contribution in [2.75, 3.05) is 5.73 Å². The molecule has 0 spiro atoms. The van der Waals surface area contributed by atoms with Crippen molar-refractivity contribution < 1.29 is 23.1 Å². The molecular weight excluding hydrogens is 307 g/mol. The molecular formula is C17H16F3NO2. The van der Waals surface area contributed by atoms with Gasteiger partial charge in [0.05, 0.1) is 11.0 Å². The molecule has 0 aliphatic rings. The van der Waals surface area contributed by atoms with Gasteiger partial charge >= 0.3 is 12.1 Å². The van der Waals surface area contributed by atoms with Crippen molar-refractivity contribution in [3.8, 4) is 0 Å². The monoisotopic (exact) mass is 323 g/mol. The van der Waals surface area contributed by atoms with Gasteiger partial charge in [-0.2, -0.15) is 13.2 Å². The number of nitrogen functional groups attached to an aromatic ring is 1. The lowest BCUT2D eigenvalue weighted by Crippen LogP contribution is -2.35. The number of carboxylic acids is 1. The van der Waals surface area contributed by atoms with Gasteiger partial charge in [0.25, 0.3) is 0 Å². The van der Waals surface area contributed by atoms with E-state index in [1.165, 1.54) is 6.92 Å². The van der Waals surface area contributed by atoms with Gasteiger partial charge < -0.3 is 10.8 Å². The van der Waals surface area contributed by atoms with E-state index in [4.69, 9.17) is 5.73 Å². The summed E-state index contributed by atoms with van der Waals surface area (Å²) < 4.78 is 38.2. The highest BCUT2D eigenvalue weighted by molar-refractivity contribution is 5.83. The van der Waals surface area contributed by atoms with Crippen molar-refractivity contribution in [1.29, 1.82) is 0 Å². The fourth-order valence-electron chi connectivity index (χ4n) is 2.53. The van der Waals surface area contributed by atoms with Crippen LogP contribution in [-0.2, 0) is 22.8 Å². The number of alkyl halides is 3. The van der Waals surface area contributed by atoms with Crippen molar-refractivity contribution in [1.82, 2.24) is 0 Å². The number of anilines is 1. The minimum Gasteiger partial charge on any atom is -0.481 e. The molecule has 0 aromatic heterocycles. The fraction of sp³-hybridized carbons (Fsp3) is 0.235. The molecule has 0 heterocycles. The first-order chi connectivity index (χ1) is 10.6. The lowest BCUT2D eigenvalue weighted by Gasteiger charge is -2.27. The molecule has 2 aromatic carbocycles. The molecule has 1 atom stereocenters. The van der Waals surface area contributed by atoms with Crippen LogP contribution in [0.5, 0.6) is 0 Å². The van der Waals surface area contributed by atoms with Crippen LogP contribution >= 0.6 is 0 Å². The highest BCUT2D eigenvalue weighted by atomic mass is 19.4. The first-order valence-corrected chi connectivity index (χ1v) is 6.89. The lowest BCUT2D eigenvalue weighted by molar-refractivity contribution is -0.143. The third-order valence-corrected chi connectivity index (χ3v) is 3.85. The van der Waals surface area contributed by atoms with E-state index in [2.05, 4.69) is 0 Å². The van der Waals surface area contributed by atoms with E-state index in [0.29, 0.717) is 0 Å². The molecule has 3 nitrogen and oxygen atoms in total. The van der Waals surface area contributed by atoms with E-state index in [0.717, 1.165) is 23.8 Å². The highest BCUT2D eigenvalue weighted by Gasteiger charge is 2.38. The van der Waals surface area contributed by atoms with Crippen molar-refractivity contribution in [3.05, 3.63) is 65.2 Å². The Morgan fingerprint density at radius 2 is 1.74 bits per heavy atom. The van der Waals surface area contributed by atoms with Crippen LogP contribution < -0.4 is 5.73 Å². The van der Waals surface area contributed by atoms with Crippen LogP contribution in [0.3, 0.4) is 0 Å². The molecule has 0 aliphatic heterocycles. The molecule has 0 aliphatic carbocycles. The van der Waals surface area contributed by atoms with E-state index < -0.39 is 23.1 Å². The second-order valence-corrected chi connectivity index (χ2v) is 5.60. The zero-order chi connectivity index (χ0) is 17.3. The summed E-state index contributed by atoms with van der Waals surface area (Å²) in [5, 5.41) is 9.62. The largest absolute Gasteiger partial charge is 0.481 e. The van der Waals surface area contributed by atoms with Crippen molar-refractivity contribution in [2.24, 2.45) is 0 Å². The second kappa shape index (κ2) is 5.95. The van der Waals surface area contributed by atoms with Crippen LogP contribution in [0.2, 0.25) is 0 Å². The molecule has 0 saturated heterocycles. The van der Waals surface area contributed by atoms with Crippen LogP contribution in [-0.4, -0.2) is 11.1 Å². The Hall–Kier alpha value is -2.50. The lowest BCUT2D eigenvalue weighted by atomic mass is 9.76. The van der Waals surface area contributed by atoms with Crippen LogP contribution in [0.1, 0.15) is 23.6 Å². The average Bonchev–Trinajstić information content (AvgIpc) is 2.46. The SMILES string of the molecule is CC(Cc1ccccc1)(C(=O)O)c1ccc(C(F)(F)F)cc1N. The Kier molecular flexibility index (Phi) is 4.36. The second-order valence-electron chi connectivity index (χ2n) is 5.60. The number of benzene rings is 2. The van der Waals surface area contributed by atoms with Gasteiger partial charge in [0.2, 0.25) is 0 Å². The predicted octanol–water partition coefficient (Wildman–Crippen LogP) is 3.87. The van der Waals surface area contributed by atoms with Gasteiger partial charge in [0.15, 0.2) is 0 Å². The average molecular weight is 323 g/mol. The van der Waals surface area contributed by atoms with E-state index in [-0.39, 0.29) is 17.7 Å². The van der Waals surface area contributed by atoms with E-state index in [9.17, 15) is 23.1 Å². The molecule has 0 amide bonds. The van der Waals surface area contributed by atoms with Gasteiger partial charge in [-0.3, -0.25) is 4.79 Å². The van der Waals surface area contributed by atoms with E-state index >= 15 is 0 Å². The summed E-state index contributed by atoms with van der Waals surface area (Å²) in [6, 6.07) is 11.7. The number of rotatable bonds is 4. The van der Waals surface area contributed by atoms with Crippen molar-refractivity contribution in [3.63, 3.8) is 0 Å². The molecule has 1 unspecified atom stereocenters. The minimum atomic E-state index is -4.52. The maximum atomic E-state index is 12.7. The summed E-state index contributed by atoms with van der Waals surface area (Å²) >= 11 is 0. The maximum absolute atomic E-state index is 12.7. The molecule has 0 fully saturated rings. The molecule has 0 saturated carbocycles. The van der Waals surface area contributed by atoms with Gasteiger partial charge in [0, 0.05) is 5.69 Å². The Balaban J connectivity index is 2.48. The molecule has 2 rings (SSSR count). The summed E-state index contributed by atoms with van der Waals surface area (Å²) in [6.07, 6.45) is -4.40. The molecule has 0 radical (unpaired) electrons. The van der Waals surface area contributed by atoms with Gasteiger partial charge in [-0.1, -0.05) is 36.4 Å². The standard InChI is InChI=1S/C17H16F3NO2/c1-16(15(22)23,10-11-5-3-2-4-6-11)13-8-7-12(9-14(13)21)17(18,19)20/h2-9H,10,21H2,1H3,(H,22,23). The number of nitrogens with two attached hydrogens (primary N) is 1. The summed E-state index contributed by atoms with van der Waals surface area (Å²) in [5.74, 6) is -1.15. The Morgan fingerprint density at radius 1 is 1.13 bits per heavy atom. The molecule has 122 valence electrons. The van der Waals surface area contributed by atoms with Crippen LogP contribution in [0.25, 0.3) is 0 Å². The normalized spacial score (nSPS) is 14.3. The van der Waals surface area contributed by atoms with Gasteiger partial charge in [-0.25, -0.2) is 0 Å². The van der Waals surface area contributed by atoms with Gasteiger partial charge in [-0.15, -0.1) is 0 Å². The predicted molar refractivity (Wildman–Crippen MR) is 81.0 cm³/mol. The van der Waals surface area contributed by atoms with Crippen molar-refractivity contribution in [2.45, 2.75) is 24.9 Å². The Morgan fingerprint density at radius 3 is 2.22 bits per heavy atom. The molecule has 23 heavy (non-hydrogen) atoms. The van der Waals surface area contributed by atoms with Crippen LogP contribution in [0.15, 0.2) is 48.5 Å². The Bertz CT molecular complexity index is 714. The van der Waals surface area contributed by atoms with Crippen LogP contribution in [0.4, 0.5) is 18.9 Å². The third-order valence-electron chi connectivity index (χ3n) is 3.85. The molecule has 6 heteroatoms.